The molecule has 1 atom stereocenters. The summed E-state index contributed by atoms with van der Waals surface area (Å²) < 4.78 is 0.407. The van der Waals surface area contributed by atoms with Crippen molar-refractivity contribution >= 4 is 5.78 Å². The second-order valence-corrected chi connectivity index (χ2v) is 6.27. The average Bonchev–Trinajstić information content (AvgIpc) is 1.36. The molecule has 6 heavy (non-hydrogen) atoms. The molecule has 30 valence electrons. The first-order chi connectivity index (χ1) is 2.64. The van der Waals surface area contributed by atoms with E-state index in [0.717, 1.165) is 0 Å². The Balaban J connectivity index is 3.26. The van der Waals surface area contributed by atoms with Gasteiger partial charge in [-0.3, -0.25) is 0 Å². The molecule has 0 aromatic rings. The predicted molar refractivity (Wildman–Crippen MR) is 20.1 cm³/mol. The molecule has 0 saturated heterocycles. The van der Waals surface area contributed by atoms with E-state index < -0.39 is 0 Å². The molecule has 0 bridgehead atoms. The molecule has 0 aliphatic rings. The Morgan fingerprint density at radius 2 is 2.00 bits per heavy atom. The zero-order valence-electron chi connectivity index (χ0n) is 4.19. The average molecular weight is 272 g/mol. The number of hydrogen-bond donors (Lipinski definition) is 0. The van der Waals surface area contributed by atoms with Crippen LogP contribution in [0.4, 0.5) is 0 Å². The van der Waals surface area contributed by atoms with Crippen LogP contribution in [0, 0.1) is 0 Å². The summed E-state index contributed by atoms with van der Waals surface area (Å²) in [5.74, 6) is 0.346. The van der Waals surface area contributed by atoms with Crippen molar-refractivity contribution in [2.75, 3.05) is 0 Å². The number of carbonyl (C=O) groups excluding carboxylic acids is 1. The van der Waals surface area contributed by atoms with Gasteiger partial charge in [0.1, 0.15) is 0 Å². The molecule has 0 aromatic heterocycles. The molecule has 0 aliphatic carbocycles. The Morgan fingerprint density at radius 1 is 1.83 bits per heavy atom. The van der Waals surface area contributed by atoms with Crippen molar-refractivity contribution in [1.82, 2.24) is 0 Å². The Morgan fingerprint density at radius 3 is 2.00 bits per heavy atom. The summed E-state index contributed by atoms with van der Waals surface area (Å²) in [5.41, 5.74) is 0. The molecule has 2 heteroatoms. The molecule has 1 nitrogen and oxygen atoms in total. The van der Waals surface area contributed by atoms with Crippen molar-refractivity contribution in [2.45, 2.75) is 17.3 Å². The monoisotopic (exact) mass is 273 g/mol. The van der Waals surface area contributed by atoms with E-state index in [1.54, 1.807) is 6.92 Å². The van der Waals surface area contributed by atoms with Crippen molar-refractivity contribution in [2.24, 2.45) is 0 Å². The molecule has 1 unspecified atom stereocenters. The van der Waals surface area contributed by atoms with Crippen LogP contribution in [0.2, 0.25) is 3.43 Å². The molecule has 0 fully saturated rings. The van der Waals surface area contributed by atoms with Gasteiger partial charge in [-0.1, -0.05) is 0 Å². The van der Waals surface area contributed by atoms with Gasteiger partial charge in [0.15, 0.2) is 0 Å². The number of hydrogen-bond acceptors (Lipinski definition) is 1. The third-order valence-corrected chi connectivity index (χ3v) is 2.93. The molecule has 0 radical (unpaired) electrons. The molecule has 0 heterocycles. The van der Waals surface area contributed by atoms with Gasteiger partial charge in [0.25, 0.3) is 0 Å². The Bertz CT molecular complexity index is 58.6. The Labute approximate surface area is 54.1 Å². The van der Waals surface area contributed by atoms with Crippen molar-refractivity contribution in [3.63, 3.8) is 0 Å². The van der Waals surface area contributed by atoms with Gasteiger partial charge in [-0.25, -0.2) is 0 Å². The summed E-state index contributed by atoms with van der Waals surface area (Å²) in [7, 11) is 0. The van der Waals surface area contributed by atoms with Crippen molar-refractivity contribution in [3.8, 4) is 0 Å². The van der Waals surface area contributed by atoms with Gasteiger partial charge >= 0.3 is 54.0 Å². The van der Waals surface area contributed by atoms with Crippen LogP contribution in [0.5, 0.6) is 0 Å². The van der Waals surface area contributed by atoms with Gasteiger partial charge in [-0.15, -0.1) is 0 Å². The molecule has 0 N–H and O–H groups in total. The second kappa shape index (κ2) is 2.72. The SMILES string of the molecule is CC(=O)[CH](C)[Hg+]. The first-order valence-electron chi connectivity index (χ1n) is 1.98. The molecule has 0 saturated carbocycles. The van der Waals surface area contributed by atoms with Gasteiger partial charge in [-0.05, 0) is 0 Å². The third kappa shape index (κ3) is 2.82. The fraction of sp³-hybridized carbons (Fsp3) is 0.750. The van der Waals surface area contributed by atoms with Crippen LogP contribution in [0.3, 0.4) is 0 Å². The summed E-state index contributed by atoms with van der Waals surface area (Å²) in [6.45, 7) is 3.63. The minimum atomic E-state index is 0.346. The van der Waals surface area contributed by atoms with E-state index in [-0.39, 0.29) is 0 Å². The fourth-order valence-corrected chi connectivity index (χ4v) is 0. The minimum absolute atomic E-state index is 0.346. The topological polar surface area (TPSA) is 17.1 Å². The molecular weight excluding hydrogens is 265 g/mol. The molecule has 0 rings (SSSR count). The number of ketones is 1. The molecule has 0 aliphatic heterocycles. The van der Waals surface area contributed by atoms with Gasteiger partial charge in [0, 0.05) is 0 Å². The van der Waals surface area contributed by atoms with Crippen LogP contribution in [0.1, 0.15) is 13.8 Å². The quantitative estimate of drug-likeness (QED) is 0.649. The molecular formula is C4H7HgO+. The van der Waals surface area contributed by atoms with Gasteiger partial charge < -0.3 is 0 Å². The third-order valence-electron chi connectivity index (χ3n) is 0.694. The van der Waals surface area contributed by atoms with E-state index in [4.69, 9.17) is 0 Å². The van der Waals surface area contributed by atoms with Crippen molar-refractivity contribution < 1.29 is 30.9 Å². The van der Waals surface area contributed by atoms with Crippen LogP contribution < -0.4 is 0 Å². The van der Waals surface area contributed by atoms with E-state index >= 15 is 0 Å². The summed E-state index contributed by atoms with van der Waals surface area (Å²) in [5, 5.41) is 0. The number of Topliss-reactive ketones (excluding diaryl/α,β-unsaturated/α-hetero) is 1. The van der Waals surface area contributed by atoms with Crippen molar-refractivity contribution in [3.05, 3.63) is 0 Å². The maximum atomic E-state index is 10.2. The second-order valence-electron chi connectivity index (χ2n) is 1.51. The van der Waals surface area contributed by atoms with Crippen LogP contribution >= 0.6 is 0 Å². The van der Waals surface area contributed by atoms with Crippen LogP contribution in [0.25, 0.3) is 0 Å². The first-order valence-corrected chi connectivity index (χ1v) is 5.15. The van der Waals surface area contributed by atoms with Crippen LogP contribution in [-0.2, 0) is 30.9 Å². The van der Waals surface area contributed by atoms with Crippen LogP contribution in [-0.4, -0.2) is 5.78 Å². The zero-order chi connectivity index (χ0) is 5.15. The summed E-state index contributed by atoms with van der Waals surface area (Å²) in [4.78, 5) is 10.2. The summed E-state index contributed by atoms with van der Waals surface area (Å²) >= 11 is 0.649. The van der Waals surface area contributed by atoms with E-state index in [2.05, 4.69) is 0 Å². The van der Waals surface area contributed by atoms with E-state index in [1.165, 1.54) is 0 Å². The maximum absolute atomic E-state index is 10.2. The summed E-state index contributed by atoms with van der Waals surface area (Å²) in [6, 6.07) is 0. The normalized spacial score (nSPS) is 14.0. The van der Waals surface area contributed by atoms with Gasteiger partial charge in [0.05, 0.1) is 0 Å². The van der Waals surface area contributed by atoms with Gasteiger partial charge in [0.2, 0.25) is 0 Å². The molecule has 0 spiro atoms. The van der Waals surface area contributed by atoms with Crippen molar-refractivity contribution in [1.29, 1.82) is 0 Å². The first kappa shape index (κ1) is 6.61. The Hall–Kier alpha value is 0.605. The van der Waals surface area contributed by atoms with Gasteiger partial charge in [-0.2, -0.15) is 0 Å². The standard InChI is InChI=1S/C4H7O.Hg/c1-3-4(2)5;/h3H,1-2H3;/q;+1. The zero-order valence-corrected chi connectivity index (χ0v) is 9.69. The predicted octanol–water partition coefficient (Wildman–Crippen LogP) is 0.931. The number of carbonyl (C=O) groups is 1. The van der Waals surface area contributed by atoms with E-state index in [0.29, 0.717) is 35.3 Å². The Kier molecular flexibility index (Phi) is 3.00. The fourth-order valence-electron chi connectivity index (χ4n) is 0. The summed E-state index contributed by atoms with van der Waals surface area (Å²) in [6.07, 6.45) is 0. The van der Waals surface area contributed by atoms with E-state index in [1.807, 2.05) is 6.92 Å². The molecule has 0 aromatic carbocycles. The number of rotatable bonds is 1. The van der Waals surface area contributed by atoms with Crippen LogP contribution in [0.15, 0.2) is 0 Å². The van der Waals surface area contributed by atoms with E-state index in [9.17, 15) is 4.79 Å². The molecule has 0 amide bonds.